The number of benzene rings is 1. The van der Waals surface area contributed by atoms with Gasteiger partial charge in [0.1, 0.15) is 5.82 Å². The summed E-state index contributed by atoms with van der Waals surface area (Å²) in [6.07, 6.45) is 0. The largest absolute Gasteiger partial charge is 0.419 e. The highest BCUT2D eigenvalue weighted by molar-refractivity contribution is 9.10. The van der Waals surface area contributed by atoms with E-state index in [9.17, 15) is 4.39 Å². The molecule has 0 fully saturated rings. The molecule has 2 aromatic rings. The van der Waals surface area contributed by atoms with E-state index in [1.54, 1.807) is 12.1 Å². The van der Waals surface area contributed by atoms with Crippen LogP contribution in [0.1, 0.15) is 19.7 Å². The Balaban J connectivity index is 2.21. The summed E-state index contributed by atoms with van der Waals surface area (Å²) in [4.78, 5) is 0. The summed E-state index contributed by atoms with van der Waals surface area (Å²) in [6, 6.07) is 4.91. The SMILES string of the molecule is CC(C)NCc1nnc(-c2cc(Br)ccc2F)o1. The molecule has 0 saturated heterocycles. The van der Waals surface area contributed by atoms with Gasteiger partial charge in [-0.3, -0.25) is 0 Å². The molecule has 0 amide bonds. The van der Waals surface area contributed by atoms with Crippen molar-refractivity contribution in [2.45, 2.75) is 26.4 Å². The van der Waals surface area contributed by atoms with Crippen molar-refractivity contribution >= 4 is 15.9 Å². The predicted molar refractivity (Wildman–Crippen MR) is 69.4 cm³/mol. The molecule has 1 aromatic heterocycles. The first kappa shape index (κ1) is 13.2. The van der Waals surface area contributed by atoms with Crippen LogP contribution >= 0.6 is 15.9 Å². The average molecular weight is 314 g/mol. The third-order valence-electron chi connectivity index (χ3n) is 2.29. The monoisotopic (exact) mass is 313 g/mol. The van der Waals surface area contributed by atoms with Crippen LogP contribution in [-0.2, 0) is 6.54 Å². The minimum absolute atomic E-state index is 0.189. The number of rotatable bonds is 4. The Morgan fingerprint density at radius 3 is 2.89 bits per heavy atom. The van der Waals surface area contributed by atoms with Crippen molar-refractivity contribution in [3.8, 4) is 11.5 Å². The van der Waals surface area contributed by atoms with Gasteiger partial charge in [-0.25, -0.2) is 4.39 Å². The Kier molecular flexibility index (Phi) is 4.08. The van der Waals surface area contributed by atoms with Gasteiger partial charge in [0.15, 0.2) is 0 Å². The predicted octanol–water partition coefficient (Wildman–Crippen LogP) is 3.14. The van der Waals surface area contributed by atoms with Crippen molar-refractivity contribution in [1.82, 2.24) is 15.5 Å². The van der Waals surface area contributed by atoms with E-state index in [1.165, 1.54) is 6.07 Å². The number of hydrogen-bond donors (Lipinski definition) is 1. The zero-order valence-electron chi connectivity index (χ0n) is 10.1. The highest BCUT2D eigenvalue weighted by Gasteiger charge is 2.13. The van der Waals surface area contributed by atoms with Gasteiger partial charge in [0.2, 0.25) is 5.89 Å². The first-order valence-electron chi connectivity index (χ1n) is 5.57. The molecule has 0 saturated carbocycles. The number of nitrogens with zero attached hydrogens (tertiary/aromatic N) is 2. The van der Waals surface area contributed by atoms with Gasteiger partial charge in [-0.05, 0) is 18.2 Å². The minimum Gasteiger partial charge on any atom is -0.419 e. The third kappa shape index (κ3) is 3.14. The van der Waals surface area contributed by atoms with Gasteiger partial charge in [0, 0.05) is 10.5 Å². The number of nitrogens with one attached hydrogen (secondary N) is 1. The average Bonchev–Trinajstić information content (AvgIpc) is 2.78. The van der Waals surface area contributed by atoms with Crippen LogP contribution in [0.5, 0.6) is 0 Å². The molecular weight excluding hydrogens is 301 g/mol. The van der Waals surface area contributed by atoms with E-state index in [0.717, 1.165) is 4.47 Å². The Labute approximate surface area is 113 Å². The lowest BCUT2D eigenvalue weighted by molar-refractivity contribution is 0.457. The molecule has 1 N–H and O–H groups in total. The molecule has 0 atom stereocenters. The van der Waals surface area contributed by atoms with E-state index in [4.69, 9.17) is 4.42 Å². The molecule has 96 valence electrons. The van der Waals surface area contributed by atoms with Crippen LogP contribution in [-0.4, -0.2) is 16.2 Å². The lowest BCUT2D eigenvalue weighted by atomic mass is 10.2. The van der Waals surface area contributed by atoms with E-state index in [2.05, 4.69) is 31.4 Å². The van der Waals surface area contributed by atoms with Gasteiger partial charge in [-0.1, -0.05) is 29.8 Å². The molecule has 0 aliphatic carbocycles. The van der Waals surface area contributed by atoms with Crippen LogP contribution in [0.4, 0.5) is 4.39 Å². The molecule has 0 spiro atoms. The van der Waals surface area contributed by atoms with E-state index < -0.39 is 0 Å². The summed E-state index contributed by atoms with van der Waals surface area (Å²) in [5.74, 6) is 0.248. The molecule has 0 radical (unpaired) electrons. The van der Waals surface area contributed by atoms with Crippen LogP contribution in [0.2, 0.25) is 0 Å². The normalized spacial score (nSPS) is 11.2. The lowest BCUT2D eigenvalue weighted by Gasteiger charge is -2.03. The van der Waals surface area contributed by atoms with E-state index in [-0.39, 0.29) is 11.7 Å². The molecule has 2 rings (SSSR count). The van der Waals surface area contributed by atoms with Gasteiger partial charge >= 0.3 is 0 Å². The van der Waals surface area contributed by atoms with Crippen molar-refractivity contribution in [3.63, 3.8) is 0 Å². The van der Waals surface area contributed by atoms with Gasteiger partial charge in [0.05, 0.1) is 12.1 Å². The van der Waals surface area contributed by atoms with Crippen LogP contribution in [0.25, 0.3) is 11.5 Å². The maximum atomic E-state index is 13.6. The molecule has 18 heavy (non-hydrogen) atoms. The fourth-order valence-corrected chi connectivity index (χ4v) is 1.75. The fourth-order valence-electron chi connectivity index (χ4n) is 1.39. The highest BCUT2D eigenvalue weighted by atomic mass is 79.9. The van der Waals surface area contributed by atoms with Gasteiger partial charge in [-0.2, -0.15) is 0 Å². The highest BCUT2D eigenvalue weighted by Crippen LogP contribution is 2.25. The van der Waals surface area contributed by atoms with E-state index >= 15 is 0 Å². The first-order chi connectivity index (χ1) is 8.56. The Bertz CT molecular complexity index is 542. The van der Waals surface area contributed by atoms with Crippen molar-refractivity contribution < 1.29 is 8.81 Å². The van der Waals surface area contributed by atoms with Crippen molar-refractivity contribution in [2.75, 3.05) is 0 Å². The van der Waals surface area contributed by atoms with E-state index in [1.807, 2.05) is 13.8 Å². The van der Waals surface area contributed by atoms with Crippen LogP contribution < -0.4 is 5.32 Å². The molecule has 4 nitrogen and oxygen atoms in total. The van der Waals surface area contributed by atoms with Crippen LogP contribution in [0, 0.1) is 5.82 Å². The van der Waals surface area contributed by atoms with Gasteiger partial charge in [0.25, 0.3) is 5.89 Å². The molecule has 0 aliphatic rings. The summed E-state index contributed by atoms with van der Waals surface area (Å²) < 4.78 is 19.8. The number of halogens is 2. The summed E-state index contributed by atoms with van der Waals surface area (Å²) in [5.41, 5.74) is 0.299. The third-order valence-corrected chi connectivity index (χ3v) is 2.78. The maximum Gasteiger partial charge on any atom is 0.250 e. The Hall–Kier alpha value is -1.27. The second-order valence-electron chi connectivity index (χ2n) is 4.16. The molecule has 1 heterocycles. The number of hydrogen-bond acceptors (Lipinski definition) is 4. The Morgan fingerprint density at radius 1 is 1.39 bits per heavy atom. The van der Waals surface area contributed by atoms with Gasteiger partial charge in [-0.15, -0.1) is 10.2 Å². The van der Waals surface area contributed by atoms with Crippen LogP contribution in [0.15, 0.2) is 27.1 Å². The summed E-state index contributed by atoms with van der Waals surface area (Å²) in [7, 11) is 0. The summed E-state index contributed by atoms with van der Waals surface area (Å²) >= 11 is 3.28. The van der Waals surface area contributed by atoms with Crippen molar-refractivity contribution in [2.24, 2.45) is 0 Å². The minimum atomic E-state index is -0.384. The molecule has 1 aromatic carbocycles. The quantitative estimate of drug-likeness (QED) is 0.942. The number of aromatic nitrogens is 2. The first-order valence-corrected chi connectivity index (χ1v) is 6.36. The fraction of sp³-hybridized carbons (Fsp3) is 0.333. The smallest absolute Gasteiger partial charge is 0.250 e. The summed E-state index contributed by atoms with van der Waals surface area (Å²) in [5, 5.41) is 10.9. The molecule has 0 bridgehead atoms. The van der Waals surface area contributed by atoms with Crippen molar-refractivity contribution in [3.05, 3.63) is 34.4 Å². The van der Waals surface area contributed by atoms with Gasteiger partial charge < -0.3 is 9.73 Å². The van der Waals surface area contributed by atoms with Crippen LogP contribution in [0.3, 0.4) is 0 Å². The molecule has 6 heteroatoms. The maximum absolute atomic E-state index is 13.6. The molecular formula is C12H13BrFN3O. The molecule has 0 unspecified atom stereocenters. The van der Waals surface area contributed by atoms with Crippen molar-refractivity contribution in [1.29, 1.82) is 0 Å². The summed E-state index contributed by atoms with van der Waals surface area (Å²) in [6.45, 7) is 4.51. The standard InChI is InChI=1S/C12H13BrFN3O/c1-7(2)15-6-11-16-17-12(18-11)9-5-8(13)3-4-10(9)14/h3-5,7,15H,6H2,1-2H3. The second-order valence-corrected chi connectivity index (χ2v) is 5.08. The lowest BCUT2D eigenvalue weighted by Crippen LogP contribution is -2.21. The topological polar surface area (TPSA) is 51.0 Å². The molecule has 0 aliphatic heterocycles. The zero-order chi connectivity index (χ0) is 13.1. The Morgan fingerprint density at radius 2 is 2.17 bits per heavy atom. The second kappa shape index (κ2) is 5.58. The zero-order valence-corrected chi connectivity index (χ0v) is 11.7. The van der Waals surface area contributed by atoms with E-state index in [0.29, 0.717) is 24.0 Å².